The number of alkyl halides is 1. The molecular formula is C9H20ClNO. The Kier molecular flexibility index (Phi) is 5.89. The Balaban J connectivity index is 3.59. The third-order valence-corrected chi connectivity index (χ3v) is 2.18. The first-order valence-corrected chi connectivity index (χ1v) is 4.89. The molecule has 0 aliphatic carbocycles. The minimum Gasteiger partial charge on any atom is -0.380 e. The minimum atomic E-state index is 0.120. The van der Waals surface area contributed by atoms with Crippen molar-refractivity contribution in [3.05, 3.63) is 0 Å². The van der Waals surface area contributed by atoms with E-state index < -0.39 is 0 Å². The van der Waals surface area contributed by atoms with E-state index in [1.807, 2.05) is 6.92 Å². The van der Waals surface area contributed by atoms with Crippen molar-refractivity contribution in [3.8, 4) is 0 Å². The molecule has 0 aromatic heterocycles. The van der Waals surface area contributed by atoms with E-state index >= 15 is 0 Å². The maximum Gasteiger partial charge on any atom is 0.0667 e. The largest absolute Gasteiger partial charge is 0.380 e. The fourth-order valence-electron chi connectivity index (χ4n) is 0.828. The van der Waals surface area contributed by atoms with Gasteiger partial charge in [-0.25, -0.2) is 0 Å². The molecule has 0 aromatic rings. The van der Waals surface area contributed by atoms with Gasteiger partial charge in [-0.1, -0.05) is 0 Å². The topological polar surface area (TPSA) is 21.3 Å². The van der Waals surface area contributed by atoms with Crippen LogP contribution in [0.15, 0.2) is 0 Å². The van der Waals surface area contributed by atoms with Crippen LogP contribution in [0.2, 0.25) is 0 Å². The summed E-state index contributed by atoms with van der Waals surface area (Å²) in [6, 6.07) is 0. The lowest BCUT2D eigenvalue weighted by atomic mass is 10.0. The average molecular weight is 194 g/mol. The van der Waals surface area contributed by atoms with Crippen molar-refractivity contribution in [2.75, 3.05) is 19.5 Å². The smallest absolute Gasteiger partial charge is 0.0667 e. The van der Waals surface area contributed by atoms with Crippen LogP contribution in [0.1, 0.15) is 27.2 Å². The van der Waals surface area contributed by atoms with E-state index in [9.17, 15) is 0 Å². The summed E-state index contributed by atoms with van der Waals surface area (Å²) in [5.74, 6) is 0.696. The lowest BCUT2D eigenvalue weighted by Crippen LogP contribution is -2.43. The van der Waals surface area contributed by atoms with Gasteiger partial charge in [0, 0.05) is 25.1 Å². The number of methoxy groups -OCH3 is 1. The summed E-state index contributed by atoms with van der Waals surface area (Å²) in [5, 5.41) is 3.40. The second kappa shape index (κ2) is 5.79. The normalized spacial score (nSPS) is 14.8. The molecule has 0 amide bonds. The van der Waals surface area contributed by atoms with E-state index in [2.05, 4.69) is 19.2 Å². The van der Waals surface area contributed by atoms with Gasteiger partial charge in [-0.3, -0.25) is 0 Å². The maximum atomic E-state index is 5.66. The Morgan fingerprint density at radius 1 is 1.50 bits per heavy atom. The highest BCUT2D eigenvalue weighted by Crippen LogP contribution is 2.08. The van der Waals surface area contributed by atoms with Crippen LogP contribution in [0.25, 0.3) is 0 Å². The zero-order valence-corrected chi connectivity index (χ0v) is 9.24. The first kappa shape index (κ1) is 12.2. The monoisotopic (exact) mass is 193 g/mol. The molecule has 0 saturated heterocycles. The minimum absolute atomic E-state index is 0.120. The van der Waals surface area contributed by atoms with Crippen LogP contribution in [0.5, 0.6) is 0 Å². The van der Waals surface area contributed by atoms with E-state index in [4.69, 9.17) is 16.3 Å². The van der Waals surface area contributed by atoms with Crippen LogP contribution in [-0.2, 0) is 4.74 Å². The van der Waals surface area contributed by atoms with Crippen molar-refractivity contribution in [3.63, 3.8) is 0 Å². The molecule has 0 aliphatic rings. The summed E-state index contributed by atoms with van der Waals surface area (Å²) in [6.45, 7) is 7.22. The van der Waals surface area contributed by atoms with Crippen molar-refractivity contribution in [1.82, 2.24) is 5.32 Å². The lowest BCUT2D eigenvalue weighted by Gasteiger charge is -2.26. The quantitative estimate of drug-likeness (QED) is 0.652. The van der Waals surface area contributed by atoms with Crippen LogP contribution in [0.4, 0.5) is 0 Å². The summed E-state index contributed by atoms with van der Waals surface area (Å²) in [5.41, 5.74) is 0.120. The van der Waals surface area contributed by atoms with Gasteiger partial charge in [-0.15, -0.1) is 11.6 Å². The predicted octanol–water partition coefficient (Wildman–Crippen LogP) is 2.02. The summed E-state index contributed by atoms with van der Waals surface area (Å²) < 4.78 is 5.13. The van der Waals surface area contributed by atoms with E-state index in [0.29, 0.717) is 5.88 Å². The predicted molar refractivity (Wildman–Crippen MR) is 53.9 cm³/mol. The Morgan fingerprint density at radius 3 is 2.50 bits per heavy atom. The van der Waals surface area contributed by atoms with Gasteiger partial charge < -0.3 is 10.1 Å². The van der Waals surface area contributed by atoms with Crippen LogP contribution in [-0.4, -0.2) is 31.2 Å². The highest BCUT2D eigenvalue weighted by atomic mass is 35.5. The molecule has 0 aliphatic heterocycles. The van der Waals surface area contributed by atoms with Gasteiger partial charge in [0.2, 0.25) is 0 Å². The Hall–Kier alpha value is 0.210. The second-order valence-corrected chi connectivity index (χ2v) is 4.13. The molecule has 1 N–H and O–H groups in total. The highest BCUT2D eigenvalue weighted by molar-refractivity contribution is 6.17. The molecule has 1 atom stereocenters. The number of ether oxygens (including phenoxy) is 1. The van der Waals surface area contributed by atoms with Crippen molar-refractivity contribution in [2.24, 2.45) is 0 Å². The van der Waals surface area contributed by atoms with Gasteiger partial charge in [0.15, 0.2) is 0 Å². The summed E-state index contributed by atoms with van der Waals surface area (Å²) >= 11 is 5.66. The van der Waals surface area contributed by atoms with Gasteiger partial charge in [-0.05, 0) is 27.2 Å². The second-order valence-electron chi connectivity index (χ2n) is 3.75. The first-order chi connectivity index (χ1) is 5.52. The molecule has 0 saturated carbocycles. The van der Waals surface area contributed by atoms with Crippen molar-refractivity contribution in [2.45, 2.75) is 38.8 Å². The Labute approximate surface area is 80.6 Å². The van der Waals surface area contributed by atoms with Crippen LogP contribution in [0, 0.1) is 0 Å². The summed E-state index contributed by atoms with van der Waals surface area (Å²) in [4.78, 5) is 0. The van der Waals surface area contributed by atoms with E-state index in [1.165, 1.54) is 0 Å². The van der Waals surface area contributed by atoms with Crippen LogP contribution >= 0.6 is 11.6 Å². The number of rotatable bonds is 6. The van der Waals surface area contributed by atoms with Gasteiger partial charge in [0.1, 0.15) is 0 Å². The van der Waals surface area contributed by atoms with E-state index in [1.54, 1.807) is 7.11 Å². The number of halogens is 1. The first-order valence-electron chi connectivity index (χ1n) is 4.35. The molecule has 74 valence electrons. The standard InChI is InChI=1S/C9H20ClNO/c1-8(12-4)7-11-9(2,3)5-6-10/h8,11H,5-7H2,1-4H3. The molecule has 0 bridgehead atoms. The fourth-order valence-corrected chi connectivity index (χ4v) is 1.30. The van der Waals surface area contributed by atoms with Gasteiger partial charge in [0.05, 0.1) is 6.10 Å². The molecule has 0 fully saturated rings. The zero-order valence-electron chi connectivity index (χ0n) is 8.48. The Morgan fingerprint density at radius 2 is 2.08 bits per heavy atom. The van der Waals surface area contributed by atoms with Gasteiger partial charge in [0.25, 0.3) is 0 Å². The molecule has 12 heavy (non-hydrogen) atoms. The van der Waals surface area contributed by atoms with Crippen molar-refractivity contribution >= 4 is 11.6 Å². The summed E-state index contributed by atoms with van der Waals surface area (Å²) in [7, 11) is 1.72. The van der Waals surface area contributed by atoms with Gasteiger partial charge in [-0.2, -0.15) is 0 Å². The maximum absolute atomic E-state index is 5.66. The molecule has 0 heterocycles. The molecule has 1 unspecified atom stereocenters. The molecule has 0 aromatic carbocycles. The molecule has 0 radical (unpaired) electrons. The summed E-state index contributed by atoms with van der Waals surface area (Å²) in [6.07, 6.45) is 1.24. The molecular weight excluding hydrogens is 174 g/mol. The molecule has 0 rings (SSSR count). The highest BCUT2D eigenvalue weighted by Gasteiger charge is 2.16. The Bertz CT molecular complexity index is 117. The molecule has 0 spiro atoms. The number of nitrogens with one attached hydrogen (secondary N) is 1. The van der Waals surface area contributed by atoms with E-state index in [-0.39, 0.29) is 11.6 Å². The zero-order chi connectivity index (χ0) is 9.61. The third kappa shape index (κ3) is 5.81. The average Bonchev–Trinajstić information content (AvgIpc) is 2.00. The number of hydrogen-bond donors (Lipinski definition) is 1. The van der Waals surface area contributed by atoms with Crippen molar-refractivity contribution in [1.29, 1.82) is 0 Å². The van der Waals surface area contributed by atoms with Crippen LogP contribution < -0.4 is 5.32 Å². The van der Waals surface area contributed by atoms with E-state index in [0.717, 1.165) is 13.0 Å². The van der Waals surface area contributed by atoms with Gasteiger partial charge >= 0.3 is 0 Å². The molecule has 3 heteroatoms. The third-order valence-electron chi connectivity index (χ3n) is 1.99. The SMILES string of the molecule is COC(C)CNC(C)(C)CCCl. The molecule has 2 nitrogen and oxygen atoms in total. The number of hydrogen-bond acceptors (Lipinski definition) is 2. The van der Waals surface area contributed by atoms with Crippen LogP contribution in [0.3, 0.4) is 0 Å². The van der Waals surface area contributed by atoms with Crippen molar-refractivity contribution < 1.29 is 4.74 Å². The lowest BCUT2D eigenvalue weighted by molar-refractivity contribution is 0.109. The fraction of sp³-hybridized carbons (Fsp3) is 1.00.